The van der Waals surface area contributed by atoms with Crippen molar-refractivity contribution in [1.82, 2.24) is 5.16 Å². The summed E-state index contributed by atoms with van der Waals surface area (Å²) in [7, 11) is 0. The number of carbonyl (C=O) groups is 2. The summed E-state index contributed by atoms with van der Waals surface area (Å²) in [5.74, 6) is 0.677. The van der Waals surface area contributed by atoms with Crippen molar-refractivity contribution in [3.63, 3.8) is 0 Å². The quantitative estimate of drug-likeness (QED) is 0.460. The van der Waals surface area contributed by atoms with E-state index in [2.05, 4.69) is 10.1 Å². The summed E-state index contributed by atoms with van der Waals surface area (Å²) in [6.07, 6.45) is 3.53. The number of benzene rings is 1. The molecule has 0 saturated heterocycles. The smallest absolute Gasteiger partial charge is 0.168 e. The average Bonchev–Trinajstić information content (AvgIpc) is 3.18. The number of fused-ring (bicyclic) bond motifs is 1. The van der Waals surface area contributed by atoms with Crippen molar-refractivity contribution >= 4 is 17.3 Å². The Morgan fingerprint density at radius 3 is 2.64 bits per heavy atom. The normalized spacial score (nSPS) is 23.0. The van der Waals surface area contributed by atoms with E-state index in [0.29, 0.717) is 67.0 Å². The molecule has 1 saturated carbocycles. The second-order valence-corrected chi connectivity index (χ2v) is 9.96. The number of aliphatic imine (C=N–C) groups is 1. The lowest BCUT2D eigenvalue weighted by Gasteiger charge is -2.27. The second-order valence-electron chi connectivity index (χ2n) is 9.96. The zero-order valence-electron chi connectivity index (χ0n) is 19.7. The number of carbonyl (C=O) groups excluding carboxylic acids is 2. The van der Waals surface area contributed by atoms with Crippen LogP contribution in [0.25, 0.3) is 0 Å². The Morgan fingerprint density at radius 2 is 1.91 bits per heavy atom. The van der Waals surface area contributed by atoms with Crippen molar-refractivity contribution in [2.24, 2.45) is 10.4 Å². The predicted molar refractivity (Wildman–Crippen MR) is 127 cm³/mol. The maximum Gasteiger partial charge on any atom is 0.168 e. The van der Waals surface area contributed by atoms with Gasteiger partial charge in [-0.2, -0.15) is 0 Å². The topological polar surface area (TPSA) is 92.8 Å². The van der Waals surface area contributed by atoms with E-state index >= 15 is 0 Å². The van der Waals surface area contributed by atoms with Gasteiger partial charge in [0.1, 0.15) is 11.5 Å². The Hall–Kier alpha value is -3.02. The van der Waals surface area contributed by atoms with Gasteiger partial charge in [-0.05, 0) is 29.7 Å². The predicted octanol–water partition coefficient (Wildman–Crippen LogP) is 5.57. The Bertz CT molecular complexity index is 1110. The lowest BCUT2D eigenvalue weighted by Crippen LogP contribution is -2.27. The van der Waals surface area contributed by atoms with E-state index in [4.69, 9.17) is 4.52 Å². The van der Waals surface area contributed by atoms with Gasteiger partial charge >= 0.3 is 0 Å². The molecule has 6 nitrogen and oxygen atoms in total. The molecule has 1 unspecified atom stereocenters. The third-order valence-electron chi connectivity index (χ3n) is 6.51. The van der Waals surface area contributed by atoms with E-state index < -0.39 is 0 Å². The molecule has 0 amide bonds. The van der Waals surface area contributed by atoms with Crippen LogP contribution in [0.5, 0.6) is 0 Å². The van der Waals surface area contributed by atoms with Crippen molar-refractivity contribution in [2.75, 3.05) is 6.54 Å². The standard InChI is InChI=1S/C27H32N2O4/c1-4-12-28-20-13-18(17-8-6-5-7-9-17)14-22(31)25(20)21(30)11-10-19-26-23(32)15-27(2,3)16-24(26)33-29-19/h5-9,18,30H,4,10-16H2,1-3H3. The van der Waals surface area contributed by atoms with Gasteiger partial charge in [-0.25, -0.2) is 0 Å². The van der Waals surface area contributed by atoms with E-state index in [1.54, 1.807) is 0 Å². The highest BCUT2D eigenvalue weighted by atomic mass is 16.5. The van der Waals surface area contributed by atoms with E-state index in [9.17, 15) is 14.7 Å². The number of rotatable bonds is 6. The number of ketones is 2. The van der Waals surface area contributed by atoms with Crippen molar-refractivity contribution in [3.8, 4) is 0 Å². The van der Waals surface area contributed by atoms with E-state index in [0.717, 1.165) is 12.0 Å². The summed E-state index contributed by atoms with van der Waals surface area (Å²) in [4.78, 5) is 30.5. The van der Waals surface area contributed by atoms with Crippen molar-refractivity contribution in [1.29, 1.82) is 0 Å². The molecule has 2 aliphatic rings. The van der Waals surface area contributed by atoms with Gasteiger partial charge in [0.15, 0.2) is 11.6 Å². The molecule has 2 aromatic rings. The highest BCUT2D eigenvalue weighted by molar-refractivity contribution is 6.24. The molecule has 1 heterocycles. The van der Waals surface area contributed by atoms with Gasteiger partial charge in [0.05, 0.1) is 16.8 Å². The Balaban J connectivity index is 1.56. The third-order valence-corrected chi connectivity index (χ3v) is 6.51. The third kappa shape index (κ3) is 5.00. The minimum Gasteiger partial charge on any atom is -0.511 e. The largest absolute Gasteiger partial charge is 0.511 e. The van der Waals surface area contributed by atoms with Crippen LogP contribution in [0.15, 0.2) is 51.2 Å². The fraction of sp³-hybridized carbons (Fsp3) is 0.481. The average molecular weight is 449 g/mol. The molecule has 33 heavy (non-hydrogen) atoms. The molecule has 0 spiro atoms. The minimum absolute atomic E-state index is 0.0294. The number of aliphatic hydroxyl groups excluding tert-OH is 1. The Kier molecular flexibility index (Phi) is 6.63. The highest BCUT2D eigenvalue weighted by Crippen LogP contribution is 2.37. The second kappa shape index (κ2) is 9.46. The van der Waals surface area contributed by atoms with Crippen LogP contribution >= 0.6 is 0 Å². The molecule has 0 radical (unpaired) electrons. The maximum atomic E-state index is 13.1. The summed E-state index contributed by atoms with van der Waals surface area (Å²) in [6.45, 7) is 6.74. The first kappa shape index (κ1) is 23.1. The van der Waals surface area contributed by atoms with Gasteiger partial charge in [-0.3, -0.25) is 14.6 Å². The van der Waals surface area contributed by atoms with Crippen LogP contribution in [0, 0.1) is 5.41 Å². The number of allylic oxidation sites excluding steroid dienone is 2. The Morgan fingerprint density at radius 1 is 1.15 bits per heavy atom. The van der Waals surface area contributed by atoms with E-state index in [1.165, 1.54) is 0 Å². The molecule has 6 heteroatoms. The van der Waals surface area contributed by atoms with Crippen LogP contribution < -0.4 is 0 Å². The van der Waals surface area contributed by atoms with E-state index in [-0.39, 0.29) is 35.1 Å². The van der Waals surface area contributed by atoms with Crippen molar-refractivity contribution in [2.45, 2.75) is 71.6 Å². The molecule has 2 aliphatic carbocycles. The summed E-state index contributed by atoms with van der Waals surface area (Å²) in [5, 5.41) is 15.1. The van der Waals surface area contributed by atoms with Crippen LogP contribution in [0.1, 0.15) is 86.2 Å². The monoisotopic (exact) mass is 448 g/mol. The summed E-state index contributed by atoms with van der Waals surface area (Å²) in [6, 6.07) is 10.00. The van der Waals surface area contributed by atoms with Crippen LogP contribution in [0.3, 0.4) is 0 Å². The molecule has 1 fully saturated rings. The fourth-order valence-electron chi connectivity index (χ4n) is 4.93. The number of nitrogens with zero attached hydrogens (tertiary/aromatic N) is 2. The minimum atomic E-state index is -0.139. The van der Waals surface area contributed by atoms with E-state index in [1.807, 2.05) is 51.1 Å². The Labute approximate surface area is 194 Å². The van der Waals surface area contributed by atoms with Gasteiger partial charge in [-0.1, -0.05) is 56.3 Å². The molecule has 4 rings (SSSR count). The van der Waals surface area contributed by atoms with Gasteiger partial charge < -0.3 is 9.63 Å². The molecular weight excluding hydrogens is 416 g/mol. The van der Waals surface area contributed by atoms with Crippen LogP contribution in [-0.4, -0.2) is 34.1 Å². The van der Waals surface area contributed by atoms with Crippen LogP contribution in [-0.2, 0) is 17.6 Å². The molecule has 1 aromatic heterocycles. The van der Waals surface area contributed by atoms with Gasteiger partial charge in [0.2, 0.25) is 0 Å². The first-order valence-corrected chi connectivity index (χ1v) is 11.8. The molecule has 1 atom stereocenters. The summed E-state index contributed by atoms with van der Waals surface area (Å²) in [5.41, 5.74) is 3.13. The van der Waals surface area contributed by atoms with Crippen molar-refractivity contribution in [3.05, 3.63) is 64.2 Å². The SMILES string of the molecule is CCCN=C1CC(c2ccccc2)CC(=O)C1=C(O)CCc1noc2c1C(=O)CC(C)(C)C2. The fourth-order valence-corrected chi connectivity index (χ4v) is 4.93. The summed E-state index contributed by atoms with van der Waals surface area (Å²) < 4.78 is 5.47. The number of hydrogen-bond acceptors (Lipinski definition) is 6. The lowest BCUT2D eigenvalue weighted by atomic mass is 9.76. The zero-order chi connectivity index (χ0) is 23.6. The summed E-state index contributed by atoms with van der Waals surface area (Å²) >= 11 is 0. The van der Waals surface area contributed by atoms with Gasteiger partial charge in [0, 0.05) is 44.4 Å². The number of Topliss-reactive ketones (excluding diaryl/α,β-unsaturated/α-hetero) is 2. The highest BCUT2D eigenvalue weighted by Gasteiger charge is 2.37. The number of hydrogen-bond donors (Lipinski definition) is 1. The molecule has 0 bridgehead atoms. The van der Waals surface area contributed by atoms with Gasteiger partial charge in [-0.15, -0.1) is 0 Å². The zero-order valence-corrected chi connectivity index (χ0v) is 19.7. The molecule has 1 N–H and O–H groups in total. The molecule has 174 valence electrons. The number of aromatic nitrogens is 1. The van der Waals surface area contributed by atoms with Crippen molar-refractivity contribution < 1.29 is 19.2 Å². The first-order valence-electron chi connectivity index (χ1n) is 11.8. The number of aryl methyl sites for hydroxylation is 1. The van der Waals surface area contributed by atoms with Crippen LogP contribution in [0.2, 0.25) is 0 Å². The molecule has 0 aliphatic heterocycles. The van der Waals surface area contributed by atoms with Gasteiger partial charge in [0.25, 0.3) is 0 Å². The molecule has 1 aromatic carbocycles. The first-order chi connectivity index (χ1) is 15.8. The number of aliphatic hydroxyl groups is 1. The maximum absolute atomic E-state index is 13.1. The lowest BCUT2D eigenvalue weighted by molar-refractivity contribution is -0.116. The molecular formula is C27H32N2O4. The van der Waals surface area contributed by atoms with Crippen LogP contribution in [0.4, 0.5) is 0 Å².